The second kappa shape index (κ2) is 14.9. The molecule has 2 aliphatic carbocycles. The highest BCUT2D eigenvalue weighted by Gasteiger charge is 2.62. The zero-order valence-electron chi connectivity index (χ0n) is 26.2. The Morgan fingerprint density at radius 3 is 2.40 bits per heavy atom. The number of rotatable bonds is 12. The lowest BCUT2D eigenvalue weighted by atomic mass is 9.72. The van der Waals surface area contributed by atoms with Gasteiger partial charge in [-0.2, -0.15) is 0 Å². The zero-order chi connectivity index (χ0) is 35.0. The van der Waals surface area contributed by atoms with E-state index in [0.29, 0.717) is 0 Å². The summed E-state index contributed by atoms with van der Waals surface area (Å²) in [5.74, 6) is -2.42. The van der Waals surface area contributed by atoms with Gasteiger partial charge >= 0.3 is 0 Å². The fourth-order valence-electron chi connectivity index (χ4n) is 6.73. The third kappa shape index (κ3) is 7.97. The molecule has 4 rings (SSSR count). The number of likely N-dealkylation sites (N-methyl/N-ethyl adjacent to an activating group) is 1. The highest BCUT2D eigenvalue weighted by molar-refractivity contribution is 5.90. The summed E-state index contributed by atoms with van der Waals surface area (Å²) in [6.07, 6.45) is -15.2. The van der Waals surface area contributed by atoms with Crippen LogP contribution in [0.5, 0.6) is 0 Å². The van der Waals surface area contributed by atoms with E-state index < -0.39 is 115 Å². The normalized spacial score (nSPS) is 47.6. The standard InChI is InChI=1S/C27H50N7O13/c1-26(43)8-45-23(19(41)22(26)31-2)47-20-11(33-24(42)27(44)4-13(27)34-25(29)30)3-10(28)14(16(20)38)21-18(40)17(39)15(37)12(46-21)6-32-5-9(36)7-35/h9-23,31,35-41,43-44H,3-8,28H2,1-2H3,(H,33,42)(H4,29,30,34)/q-1/t9?,10-,11+,12+,13?,14?,15+,16-,17-,18+,19+,20-,21+,22+,23+,26-,27?/m0/s1. The zero-order valence-corrected chi connectivity index (χ0v) is 26.2. The first-order valence-electron chi connectivity index (χ1n) is 15.5. The Bertz CT molecular complexity index is 1110. The number of aliphatic imine (C=N–C) groups is 1. The van der Waals surface area contributed by atoms with E-state index in [-0.39, 0.29) is 38.5 Å². The molecule has 2 aliphatic heterocycles. The van der Waals surface area contributed by atoms with Gasteiger partial charge in [0.15, 0.2) is 17.9 Å². The number of guanidine groups is 1. The van der Waals surface area contributed by atoms with Crippen LogP contribution in [0.4, 0.5) is 0 Å². The maximum atomic E-state index is 13.2. The number of amides is 1. The van der Waals surface area contributed by atoms with Crippen molar-refractivity contribution in [2.45, 2.75) is 116 Å². The van der Waals surface area contributed by atoms with Crippen molar-refractivity contribution >= 4 is 11.9 Å². The van der Waals surface area contributed by atoms with E-state index in [1.807, 2.05) is 0 Å². The molecule has 4 fully saturated rings. The van der Waals surface area contributed by atoms with Crippen LogP contribution in [0.2, 0.25) is 0 Å². The Morgan fingerprint density at radius 2 is 1.79 bits per heavy atom. The molecule has 0 aromatic rings. The number of hydrogen-bond donors (Lipinski definition) is 14. The average Bonchev–Trinajstić information content (AvgIpc) is 3.65. The van der Waals surface area contributed by atoms with E-state index in [4.69, 9.17) is 36.5 Å². The fourth-order valence-corrected chi connectivity index (χ4v) is 6.73. The molecule has 0 aromatic carbocycles. The third-order valence-corrected chi connectivity index (χ3v) is 9.48. The van der Waals surface area contributed by atoms with Gasteiger partial charge in [-0.15, -0.1) is 13.1 Å². The lowest BCUT2D eigenvalue weighted by molar-refractivity contribution is -0.303. The van der Waals surface area contributed by atoms with Crippen LogP contribution in [0.1, 0.15) is 19.8 Å². The molecule has 1 amide bonds. The second-order valence-electron chi connectivity index (χ2n) is 13.2. The molecule has 4 aliphatic rings. The molecule has 17 atom stereocenters. The van der Waals surface area contributed by atoms with Crippen LogP contribution in [-0.2, 0) is 19.0 Å². The van der Waals surface area contributed by atoms with E-state index in [1.54, 1.807) is 0 Å². The predicted molar refractivity (Wildman–Crippen MR) is 160 cm³/mol. The minimum atomic E-state index is -1.96. The molecule has 0 spiro atoms. The van der Waals surface area contributed by atoms with Crippen LogP contribution < -0.4 is 27.8 Å². The number of ether oxygens (including phenoxy) is 3. The molecule has 2 heterocycles. The lowest BCUT2D eigenvalue weighted by Crippen LogP contribution is -2.71. The van der Waals surface area contributed by atoms with Crippen LogP contribution in [-0.4, -0.2) is 188 Å². The van der Waals surface area contributed by atoms with Gasteiger partial charge in [-0.3, -0.25) is 4.79 Å². The van der Waals surface area contributed by atoms with Gasteiger partial charge < -0.3 is 93.3 Å². The largest absolute Gasteiger partial charge is 0.658 e. The number of carbonyl (C=O) groups excluding carboxylic acids is 1. The monoisotopic (exact) mass is 680 g/mol. The number of aliphatic hydroxyl groups excluding tert-OH is 7. The first-order chi connectivity index (χ1) is 22.0. The lowest BCUT2D eigenvalue weighted by Gasteiger charge is -2.52. The van der Waals surface area contributed by atoms with Gasteiger partial charge in [-0.25, -0.2) is 4.99 Å². The summed E-state index contributed by atoms with van der Waals surface area (Å²) in [6.45, 7) is 0.156. The number of aliphatic hydroxyl groups is 9. The summed E-state index contributed by atoms with van der Waals surface area (Å²) in [5, 5.41) is 105. The van der Waals surface area contributed by atoms with E-state index in [0.717, 1.165) is 0 Å². The Kier molecular flexibility index (Phi) is 12.1. The quantitative estimate of drug-likeness (QED) is 0.0672. The highest BCUT2D eigenvalue weighted by atomic mass is 16.7. The maximum absolute atomic E-state index is 13.2. The van der Waals surface area contributed by atoms with Gasteiger partial charge in [0.25, 0.3) is 5.91 Å². The second-order valence-corrected chi connectivity index (χ2v) is 13.2. The molecule has 17 N–H and O–H groups in total. The Morgan fingerprint density at radius 1 is 1.11 bits per heavy atom. The third-order valence-electron chi connectivity index (χ3n) is 9.48. The molecule has 2 saturated carbocycles. The SMILES string of the molecule is CN[C@@H]1[C@@H](O)[C@@H](O[C@H]2[C@H](NC(=O)C3(O)CC3N=C(N)N)C[C@H](N)C([C@H]3O[C@H](C[N-]CC(O)CO)[C@@H](O)[C@H](O)[C@H]3O)[C@@H]2O)OC[C@]1(C)O. The van der Waals surface area contributed by atoms with Crippen molar-refractivity contribution in [1.82, 2.24) is 10.6 Å². The number of hydrogen-bond acceptors (Lipinski definition) is 16. The van der Waals surface area contributed by atoms with Crippen molar-refractivity contribution < 1.29 is 65.0 Å². The van der Waals surface area contributed by atoms with Gasteiger partial charge in [-0.1, -0.05) is 0 Å². The summed E-state index contributed by atoms with van der Waals surface area (Å²) in [7, 11) is 1.51. The van der Waals surface area contributed by atoms with E-state index >= 15 is 0 Å². The molecule has 20 nitrogen and oxygen atoms in total. The van der Waals surface area contributed by atoms with Crippen LogP contribution in [0.25, 0.3) is 5.32 Å². The van der Waals surface area contributed by atoms with Gasteiger partial charge in [-0.05, 0) is 20.4 Å². The molecule has 0 radical (unpaired) electrons. The summed E-state index contributed by atoms with van der Waals surface area (Å²) in [5.41, 5.74) is 13.8. The Balaban J connectivity index is 1.59. The van der Waals surface area contributed by atoms with Gasteiger partial charge in [0.05, 0.1) is 55.8 Å². The molecule has 0 bridgehead atoms. The minimum absolute atomic E-state index is 0.0836. The Labute approximate surface area is 270 Å². The molecule has 0 aromatic heterocycles. The smallest absolute Gasteiger partial charge is 0.254 e. The van der Waals surface area contributed by atoms with Crippen molar-refractivity contribution in [3.8, 4) is 0 Å². The summed E-state index contributed by atoms with van der Waals surface area (Å²) < 4.78 is 17.7. The van der Waals surface area contributed by atoms with Crippen molar-refractivity contribution in [3.63, 3.8) is 0 Å². The first kappa shape index (κ1) is 38.0. The Hall–Kier alpha value is -1.86. The minimum Gasteiger partial charge on any atom is -0.658 e. The summed E-state index contributed by atoms with van der Waals surface area (Å²) in [6, 6.07) is -4.02. The van der Waals surface area contributed by atoms with Crippen LogP contribution in [0.3, 0.4) is 0 Å². The predicted octanol–water partition coefficient (Wildman–Crippen LogP) is -8.03. The maximum Gasteiger partial charge on any atom is 0.254 e. The summed E-state index contributed by atoms with van der Waals surface area (Å²) in [4.78, 5) is 17.1. The molecule has 4 unspecified atom stereocenters. The average molecular weight is 681 g/mol. The molecular weight excluding hydrogens is 630 g/mol. The summed E-state index contributed by atoms with van der Waals surface area (Å²) >= 11 is 0. The van der Waals surface area contributed by atoms with Crippen molar-refractivity contribution in [1.29, 1.82) is 0 Å². The van der Waals surface area contributed by atoms with Crippen molar-refractivity contribution in [3.05, 3.63) is 5.32 Å². The van der Waals surface area contributed by atoms with Gasteiger partial charge in [0.2, 0.25) is 0 Å². The van der Waals surface area contributed by atoms with Gasteiger partial charge in [0.1, 0.15) is 36.1 Å². The van der Waals surface area contributed by atoms with Crippen molar-refractivity contribution in [2.75, 3.05) is 33.4 Å². The van der Waals surface area contributed by atoms with Gasteiger partial charge in [0, 0.05) is 18.4 Å². The molecule has 2 saturated heterocycles. The molecule has 272 valence electrons. The van der Waals surface area contributed by atoms with Crippen LogP contribution in [0, 0.1) is 5.92 Å². The fraction of sp³-hybridized carbons (Fsp3) is 0.926. The van der Waals surface area contributed by atoms with Crippen LogP contribution in [0.15, 0.2) is 4.99 Å². The molecule has 20 heteroatoms. The molecular formula is C27H50N7O13-. The van der Waals surface area contributed by atoms with E-state index in [1.165, 1.54) is 14.0 Å². The topological polar surface area (TPSA) is 355 Å². The van der Waals surface area contributed by atoms with E-state index in [9.17, 15) is 45.6 Å². The van der Waals surface area contributed by atoms with Crippen LogP contribution >= 0.6 is 0 Å². The van der Waals surface area contributed by atoms with E-state index in [2.05, 4.69) is 20.9 Å². The number of nitrogens with two attached hydrogens (primary N) is 3. The highest BCUT2D eigenvalue weighted by Crippen LogP contribution is 2.41. The van der Waals surface area contributed by atoms with Crippen molar-refractivity contribution in [2.24, 2.45) is 28.1 Å². The molecule has 47 heavy (non-hydrogen) atoms. The number of nitrogens with one attached hydrogen (secondary N) is 2. The first-order valence-corrected chi connectivity index (χ1v) is 15.5. The number of nitrogens with zero attached hydrogens (tertiary/aromatic N) is 2. The number of carbonyl (C=O) groups is 1.